The second kappa shape index (κ2) is 9.00. The predicted molar refractivity (Wildman–Crippen MR) is 80.4 cm³/mol. The Morgan fingerprint density at radius 2 is 1.90 bits per heavy atom. The van der Waals surface area contributed by atoms with Crippen LogP contribution in [0.2, 0.25) is 0 Å². The van der Waals surface area contributed by atoms with Crippen molar-refractivity contribution >= 4 is 11.9 Å². The fraction of sp³-hybridized carbons (Fsp3) is 0.500. The van der Waals surface area contributed by atoms with E-state index in [1.165, 1.54) is 0 Å². The molecule has 1 rings (SSSR count). The zero-order chi connectivity index (χ0) is 15.7. The summed E-state index contributed by atoms with van der Waals surface area (Å²) in [5, 5.41) is 11.5. The molecule has 0 fully saturated rings. The van der Waals surface area contributed by atoms with Gasteiger partial charge >= 0.3 is 5.97 Å². The van der Waals surface area contributed by atoms with Gasteiger partial charge in [0.05, 0.1) is 7.11 Å². The number of hydrogen-bond acceptors (Lipinski definition) is 3. The number of amides is 1. The van der Waals surface area contributed by atoms with Crippen molar-refractivity contribution in [2.45, 2.75) is 45.1 Å². The van der Waals surface area contributed by atoms with Crippen molar-refractivity contribution < 1.29 is 19.4 Å². The summed E-state index contributed by atoms with van der Waals surface area (Å²) < 4.78 is 5.28. The van der Waals surface area contributed by atoms with Crippen LogP contribution in [0.5, 0.6) is 5.75 Å². The molecule has 0 heterocycles. The monoisotopic (exact) mass is 293 g/mol. The quantitative estimate of drug-likeness (QED) is 0.685. The van der Waals surface area contributed by atoms with E-state index in [4.69, 9.17) is 9.84 Å². The molecule has 21 heavy (non-hydrogen) atoms. The molecular formula is C16H23NO4. The first kappa shape index (κ1) is 17.0. The molecule has 0 spiro atoms. The van der Waals surface area contributed by atoms with Crippen LogP contribution in [-0.4, -0.2) is 30.1 Å². The van der Waals surface area contributed by atoms with E-state index in [-0.39, 0.29) is 18.4 Å². The third kappa shape index (κ3) is 6.79. The molecule has 0 aliphatic carbocycles. The first-order valence-corrected chi connectivity index (χ1v) is 7.16. The van der Waals surface area contributed by atoms with E-state index < -0.39 is 5.97 Å². The standard InChI is InChI=1S/C16H23NO4/c1-12(11-13-7-3-4-8-14(13)21-2)17-15(18)9-5-6-10-16(19)20/h3-4,7-8,12H,5-6,9-11H2,1-2H3,(H,17,18)(H,19,20). The van der Waals surface area contributed by atoms with E-state index >= 15 is 0 Å². The summed E-state index contributed by atoms with van der Waals surface area (Å²) in [6.07, 6.45) is 2.31. The molecule has 1 unspecified atom stereocenters. The smallest absolute Gasteiger partial charge is 0.303 e. The number of carboxylic acid groups (broad SMARTS) is 1. The van der Waals surface area contributed by atoms with Crippen molar-refractivity contribution in [1.82, 2.24) is 5.32 Å². The largest absolute Gasteiger partial charge is 0.496 e. The van der Waals surface area contributed by atoms with Crippen molar-refractivity contribution in [2.24, 2.45) is 0 Å². The third-order valence-electron chi connectivity index (χ3n) is 3.17. The van der Waals surface area contributed by atoms with Crippen molar-refractivity contribution in [1.29, 1.82) is 0 Å². The average Bonchev–Trinajstić information content (AvgIpc) is 2.44. The molecule has 2 N–H and O–H groups in total. The van der Waals surface area contributed by atoms with Crippen molar-refractivity contribution in [3.63, 3.8) is 0 Å². The maximum absolute atomic E-state index is 11.8. The van der Waals surface area contributed by atoms with Crippen LogP contribution in [0.15, 0.2) is 24.3 Å². The molecule has 116 valence electrons. The Hall–Kier alpha value is -2.04. The van der Waals surface area contributed by atoms with Crippen molar-refractivity contribution in [3.8, 4) is 5.75 Å². The topological polar surface area (TPSA) is 75.6 Å². The predicted octanol–water partition coefficient (Wildman–Crippen LogP) is 2.39. The van der Waals surface area contributed by atoms with Gasteiger partial charge in [-0.2, -0.15) is 0 Å². The molecule has 0 aliphatic heterocycles. The van der Waals surface area contributed by atoms with E-state index in [9.17, 15) is 9.59 Å². The van der Waals surface area contributed by atoms with Crippen molar-refractivity contribution in [3.05, 3.63) is 29.8 Å². The lowest BCUT2D eigenvalue weighted by Crippen LogP contribution is -2.34. The van der Waals surface area contributed by atoms with Gasteiger partial charge < -0.3 is 15.2 Å². The average molecular weight is 293 g/mol. The highest BCUT2D eigenvalue weighted by molar-refractivity contribution is 5.76. The van der Waals surface area contributed by atoms with Crippen LogP contribution in [0.3, 0.4) is 0 Å². The van der Waals surface area contributed by atoms with Crippen LogP contribution in [0, 0.1) is 0 Å². The van der Waals surface area contributed by atoms with Gasteiger partial charge in [-0.1, -0.05) is 18.2 Å². The van der Waals surface area contributed by atoms with Crippen LogP contribution in [0.25, 0.3) is 0 Å². The van der Waals surface area contributed by atoms with Crippen LogP contribution in [0.1, 0.15) is 38.2 Å². The third-order valence-corrected chi connectivity index (χ3v) is 3.17. The first-order chi connectivity index (χ1) is 10.0. The molecule has 0 saturated heterocycles. The second-order valence-corrected chi connectivity index (χ2v) is 5.09. The number of methoxy groups -OCH3 is 1. The number of aliphatic carboxylic acids is 1. The lowest BCUT2D eigenvalue weighted by Gasteiger charge is -2.15. The molecule has 1 atom stereocenters. The number of carboxylic acids is 1. The summed E-state index contributed by atoms with van der Waals surface area (Å²) in [5.74, 6) is -0.0391. The minimum Gasteiger partial charge on any atom is -0.496 e. The normalized spacial score (nSPS) is 11.7. The zero-order valence-electron chi connectivity index (χ0n) is 12.6. The second-order valence-electron chi connectivity index (χ2n) is 5.09. The SMILES string of the molecule is COc1ccccc1CC(C)NC(=O)CCCCC(=O)O. The zero-order valence-corrected chi connectivity index (χ0v) is 12.6. The Balaban J connectivity index is 2.34. The van der Waals surface area contributed by atoms with Crippen molar-refractivity contribution in [2.75, 3.05) is 7.11 Å². The maximum atomic E-state index is 11.8. The van der Waals surface area contributed by atoms with E-state index in [1.54, 1.807) is 7.11 Å². The molecule has 1 aromatic rings. The molecular weight excluding hydrogens is 270 g/mol. The minimum atomic E-state index is -0.819. The number of carbonyl (C=O) groups is 2. The van der Waals surface area contributed by atoms with Crippen LogP contribution in [0.4, 0.5) is 0 Å². The number of rotatable bonds is 9. The van der Waals surface area contributed by atoms with E-state index in [0.717, 1.165) is 11.3 Å². The van der Waals surface area contributed by atoms with Gasteiger partial charge in [-0.3, -0.25) is 9.59 Å². The lowest BCUT2D eigenvalue weighted by atomic mass is 10.1. The Labute approximate surface area is 125 Å². The molecule has 0 aliphatic rings. The fourth-order valence-corrected chi connectivity index (χ4v) is 2.16. The summed E-state index contributed by atoms with van der Waals surface area (Å²) in [5.41, 5.74) is 1.05. The van der Waals surface area contributed by atoms with Gasteiger partial charge in [0.15, 0.2) is 0 Å². The van der Waals surface area contributed by atoms with E-state index in [0.29, 0.717) is 25.7 Å². The Kier molecular flexibility index (Phi) is 7.29. The van der Waals surface area contributed by atoms with Gasteiger partial charge in [-0.05, 0) is 37.8 Å². The molecule has 5 heteroatoms. The summed E-state index contributed by atoms with van der Waals surface area (Å²) >= 11 is 0. The number of carbonyl (C=O) groups excluding carboxylic acids is 1. The molecule has 0 saturated carbocycles. The molecule has 0 aromatic heterocycles. The Bertz CT molecular complexity index is 473. The minimum absolute atomic E-state index is 0.00766. The molecule has 5 nitrogen and oxygen atoms in total. The van der Waals surface area contributed by atoms with Gasteiger partial charge in [0.1, 0.15) is 5.75 Å². The summed E-state index contributed by atoms with van der Waals surface area (Å²) in [6.45, 7) is 1.95. The maximum Gasteiger partial charge on any atom is 0.303 e. The van der Waals surface area contributed by atoms with Gasteiger partial charge in [-0.15, -0.1) is 0 Å². The summed E-state index contributed by atoms with van der Waals surface area (Å²) in [6, 6.07) is 7.74. The Morgan fingerprint density at radius 3 is 2.57 bits per heavy atom. The van der Waals surface area contributed by atoms with E-state index in [2.05, 4.69) is 5.32 Å². The number of benzene rings is 1. The highest BCUT2D eigenvalue weighted by atomic mass is 16.5. The lowest BCUT2D eigenvalue weighted by molar-refractivity contribution is -0.137. The van der Waals surface area contributed by atoms with Crippen LogP contribution < -0.4 is 10.1 Å². The number of nitrogens with one attached hydrogen (secondary N) is 1. The molecule has 0 bridgehead atoms. The van der Waals surface area contributed by atoms with Gasteiger partial charge in [0.25, 0.3) is 0 Å². The fourth-order valence-electron chi connectivity index (χ4n) is 2.16. The van der Waals surface area contributed by atoms with Gasteiger partial charge in [-0.25, -0.2) is 0 Å². The van der Waals surface area contributed by atoms with Gasteiger partial charge in [0.2, 0.25) is 5.91 Å². The summed E-state index contributed by atoms with van der Waals surface area (Å²) in [7, 11) is 1.63. The molecule has 0 radical (unpaired) electrons. The molecule has 1 aromatic carbocycles. The number of unbranched alkanes of at least 4 members (excludes halogenated alkanes) is 1. The first-order valence-electron chi connectivity index (χ1n) is 7.16. The van der Waals surface area contributed by atoms with Crippen LogP contribution in [-0.2, 0) is 16.0 Å². The van der Waals surface area contributed by atoms with Gasteiger partial charge in [0, 0.05) is 18.9 Å². The molecule has 1 amide bonds. The Morgan fingerprint density at radius 1 is 1.24 bits per heavy atom. The number of para-hydroxylation sites is 1. The highest BCUT2D eigenvalue weighted by Gasteiger charge is 2.11. The van der Waals surface area contributed by atoms with E-state index in [1.807, 2.05) is 31.2 Å². The van der Waals surface area contributed by atoms with Crippen LogP contribution >= 0.6 is 0 Å². The number of ether oxygens (including phenoxy) is 1. The highest BCUT2D eigenvalue weighted by Crippen LogP contribution is 2.18. The number of hydrogen-bond donors (Lipinski definition) is 2. The summed E-state index contributed by atoms with van der Waals surface area (Å²) in [4.78, 5) is 22.1.